The minimum Gasteiger partial charge on any atom is -0.493 e. The Labute approximate surface area is 146 Å². The molecule has 1 heterocycles. The maximum absolute atomic E-state index is 12.2. The molecule has 0 aliphatic heterocycles. The molecule has 5 nitrogen and oxygen atoms in total. The van der Waals surface area contributed by atoms with E-state index in [4.69, 9.17) is 0 Å². The first-order chi connectivity index (χ1) is 12.0. The van der Waals surface area contributed by atoms with Crippen molar-refractivity contribution < 1.29 is 9.90 Å². The fourth-order valence-corrected chi connectivity index (χ4v) is 2.84. The van der Waals surface area contributed by atoms with Crippen LogP contribution in [0.5, 0.6) is 5.88 Å². The second-order valence-electron chi connectivity index (χ2n) is 6.22. The van der Waals surface area contributed by atoms with Gasteiger partial charge >= 0.3 is 0 Å². The van der Waals surface area contributed by atoms with Gasteiger partial charge in [0.25, 0.3) is 5.91 Å². The average molecular weight is 335 g/mol. The van der Waals surface area contributed by atoms with Crippen LogP contribution in [0.4, 0.5) is 5.69 Å². The van der Waals surface area contributed by atoms with E-state index in [-0.39, 0.29) is 5.88 Å². The van der Waals surface area contributed by atoms with Crippen LogP contribution < -0.4 is 0 Å². The van der Waals surface area contributed by atoms with Gasteiger partial charge in [0.1, 0.15) is 0 Å². The Morgan fingerprint density at radius 2 is 1.76 bits per heavy atom. The summed E-state index contributed by atoms with van der Waals surface area (Å²) < 4.78 is 1.81. The van der Waals surface area contributed by atoms with Gasteiger partial charge in [0.2, 0.25) is 5.88 Å². The Morgan fingerprint density at radius 1 is 1.08 bits per heavy atom. The van der Waals surface area contributed by atoms with E-state index in [1.165, 1.54) is 0 Å². The molecule has 0 bridgehead atoms. The summed E-state index contributed by atoms with van der Waals surface area (Å²) in [6.07, 6.45) is 0.879. The molecular weight excluding hydrogens is 314 g/mol. The van der Waals surface area contributed by atoms with Crippen LogP contribution in [0.15, 0.2) is 52.7 Å². The monoisotopic (exact) mass is 335 g/mol. The molecule has 0 aliphatic rings. The maximum Gasteiger partial charge on any atom is 0.295 e. The second kappa shape index (κ2) is 6.89. The van der Waals surface area contributed by atoms with Gasteiger partial charge in [-0.2, -0.15) is 0 Å². The number of aromatic nitrogens is 1. The average Bonchev–Trinajstić information content (AvgIpc) is 2.85. The highest BCUT2D eigenvalue weighted by Crippen LogP contribution is 2.39. The van der Waals surface area contributed by atoms with Crippen molar-refractivity contribution in [3.8, 4) is 5.88 Å². The third-order valence-corrected chi connectivity index (χ3v) is 4.15. The molecule has 128 valence electrons. The number of hydrogen-bond donors (Lipinski definition) is 1. The molecule has 5 heteroatoms. The highest BCUT2D eigenvalue weighted by Gasteiger charge is 2.17. The van der Waals surface area contributed by atoms with Crippen molar-refractivity contribution in [1.82, 2.24) is 4.57 Å². The van der Waals surface area contributed by atoms with Crippen LogP contribution in [0, 0.1) is 13.8 Å². The summed E-state index contributed by atoms with van der Waals surface area (Å²) in [7, 11) is 0. The zero-order valence-corrected chi connectivity index (χ0v) is 14.7. The Morgan fingerprint density at radius 3 is 2.44 bits per heavy atom. The topological polar surface area (TPSA) is 66.9 Å². The van der Waals surface area contributed by atoms with Crippen molar-refractivity contribution in [2.24, 2.45) is 10.2 Å². The van der Waals surface area contributed by atoms with Crippen LogP contribution in [0.1, 0.15) is 34.8 Å². The third-order valence-electron chi connectivity index (χ3n) is 4.15. The molecule has 0 fully saturated rings. The smallest absolute Gasteiger partial charge is 0.295 e. The molecular formula is C20H21N3O2. The van der Waals surface area contributed by atoms with E-state index in [2.05, 4.69) is 10.2 Å². The van der Waals surface area contributed by atoms with Gasteiger partial charge in [-0.1, -0.05) is 36.2 Å². The lowest BCUT2D eigenvalue weighted by Crippen LogP contribution is -1.95. The van der Waals surface area contributed by atoms with Crippen molar-refractivity contribution >= 4 is 22.5 Å². The van der Waals surface area contributed by atoms with E-state index in [1.54, 1.807) is 16.7 Å². The molecule has 0 unspecified atom stereocenters. The zero-order valence-electron chi connectivity index (χ0n) is 14.7. The summed E-state index contributed by atoms with van der Waals surface area (Å²) in [6, 6.07) is 13.1. The molecule has 0 atom stereocenters. The molecule has 0 saturated heterocycles. The Bertz CT molecular complexity index is 953. The molecule has 1 N–H and O–H groups in total. The number of benzene rings is 2. The first-order valence-electron chi connectivity index (χ1n) is 8.35. The first kappa shape index (κ1) is 16.9. The number of hydrogen-bond acceptors (Lipinski definition) is 3. The number of amides is 1. The Balaban J connectivity index is 2.03. The molecule has 0 radical (unpaired) electrons. The van der Waals surface area contributed by atoms with Crippen LogP contribution in [-0.2, 0) is 6.54 Å². The number of aryl methyl sites for hydroxylation is 3. The predicted octanol–water partition coefficient (Wildman–Crippen LogP) is 5.30. The lowest BCUT2D eigenvalue weighted by molar-refractivity contribution is 0.0995. The normalized spacial score (nSPS) is 11.5. The van der Waals surface area contributed by atoms with Gasteiger partial charge in [0, 0.05) is 17.5 Å². The summed E-state index contributed by atoms with van der Waals surface area (Å²) in [5.41, 5.74) is 3.84. The van der Waals surface area contributed by atoms with Crippen molar-refractivity contribution in [1.29, 1.82) is 0 Å². The van der Waals surface area contributed by atoms with Crippen LogP contribution in [0.2, 0.25) is 0 Å². The van der Waals surface area contributed by atoms with Crippen molar-refractivity contribution in [2.75, 3.05) is 0 Å². The van der Waals surface area contributed by atoms with E-state index in [0.29, 0.717) is 17.8 Å². The van der Waals surface area contributed by atoms with Gasteiger partial charge in [-0.15, -0.1) is 10.2 Å². The number of carbonyl (C=O) groups is 1. The Kier molecular flexibility index (Phi) is 4.65. The molecule has 25 heavy (non-hydrogen) atoms. The van der Waals surface area contributed by atoms with E-state index in [0.717, 1.165) is 28.5 Å². The fraction of sp³-hybridized carbons (Fsp3) is 0.250. The van der Waals surface area contributed by atoms with Gasteiger partial charge in [-0.3, -0.25) is 4.79 Å². The molecule has 2 aromatic carbocycles. The summed E-state index contributed by atoms with van der Waals surface area (Å²) in [6.45, 7) is 6.65. The van der Waals surface area contributed by atoms with Crippen LogP contribution in [-0.4, -0.2) is 15.6 Å². The summed E-state index contributed by atoms with van der Waals surface area (Å²) >= 11 is 0. The lowest BCUT2D eigenvalue weighted by Gasteiger charge is -2.04. The SMILES string of the molecule is CCCn1c(O)c(N=NC(=O)c2ccc(C)cc2)c2cc(C)ccc21. The third kappa shape index (κ3) is 3.31. The standard InChI is InChI=1S/C20H21N3O2/c1-4-11-23-17-10-7-14(3)12-16(17)18(20(23)25)21-22-19(24)15-8-5-13(2)6-9-15/h5-10,12,25H,4,11H2,1-3H3. The zero-order chi connectivity index (χ0) is 18.0. The molecule has 0 aliphatic carbocycles. The van der Waals surface area contributed by atoms with Crippen LogP contribution in [0.3, 0.4) is 0 Å². The van der Waals surface area contributed by atoms with E-state index in [9.17, 15) is 9.90 Å². The number of carbonyl (C=O) groups excluding carboxylic acids is 1. The predicted molar refractivity (Wildman–Crippen MR) is 98.7 cm³/mol. The molecule has 1 aromatic heterocycles. The van der Waals surface area contributed by atoms with Crippen molar-refractivity contribution in [3.05, 3.63) is 59.2 Å². The van der Waals surface area contributed by atoms with Crippen molar-refractivity contribution in [2.45, 2.75) is 33.7 Å². The minimum atomic E-state index is -0.427. The van der Waals surface area contributed by atoms with Gasteiger partial charge < -0.3 is 9.67 Å². The lowest BCUT2D eigenvalue weighted by atomic mass is 10.1. The van der Waals surface area contributed by atoms with Gasteiger partial charge in [0.05, 0.1) is 5.52 Å². The number of rotatable bonds is 4. The largest absolute Gasteiger partial charge is 0.493 e. The summed E-state index contributed by atoms with van der Waals surface area (Å²) in [5.74, 6) is -0.383. The van der Waals surface area contributed by atoms with Crippen LogP contribution >= 0.6 is 0 Å². The van der Waals surface area contributed by atoms with E-state index >= 15 is 0 Å². The number of fused-ring (bicyclic) bond motifs is 1. The molecule has 3 rings (SSSR count). The fourth-order valence-electron chi connectivity index (χ4n) is 2.84. The molecule has 3 aromatic rings. The van der Waals surface area contributed by atoms with E-state index < -0.39 is 5.91 Å². The highest BCUT2D eigenvalue weighted by atomic mass is 16.3. The second-order valence-corrected chi connectivity index (χ2v) is 6.22. The summed E-state index contributed by atoms with van der Waals surface area (Å²) in [5, 5.41) is 19.3. The number of nitrogens with zero attached hydrogens (tertiary/aromatic N) is 3. The first-order valence-corrected chi connectivity index (χ1v) is 8.35. The quantitative estimate of drug-likeness (QED) is 0.658. The molecule has 1 amide bonds. The molecule has 0 saturated carbocycles. The van der Waals surface area contributed by atoms with Crippen LogP contribution in [0.25, 0.3) is 10.9 Å². The number of aromatic hydroxyl groups is 1. The molecule has 0 spiro atoms. The number of azo groups is 1. The Hall–Kier alpha value is -2.95. The van der Waals surface area contributed by atoms with Gasteiger partial charge in [0.15, 0.2) is 5.69 Å². The van der Waals surface area contributed by atoms with E-state index in [1.807, 2.05) is 51.1 Å². The maximum atomic E-state index is 12.2. The summed E-state index contributed by atoms with van der Waals surface area (Å²) in [4.78, 5) is 12.2. The highest BCUT2D eigenvalue weighted by molar-refractivity contribution is 5.97. The minimum absolute atomic E-state index is 0.0444. The van der Waals surface area contributed by atoms with Crippen molar-refractivity contribution in [3.63, 3.8) is 0 Å². The van der Waals surface area contributed by atoms with Gasteiger partial charge in [-0.05, 0) is 44.5 Å². The van der Waals surface area contributed by atoms with Gasteiger partial charge in [-0.25, -0.2) is 0 Å².